The van der Waals surface area contributed by atoms with Gasteiger partial charge in [-0.15, -0.1) is 0 Å². The molecule has 9 heteroatoms. The Morgan fingerprint density at radius 1 is 1.29 bits per heavy atom. The molecular weight excluding hydrogens is 454 g/mol. The van der Waals surface area contributed by atoms with E-state index in [9.17, 15) is 19.5 Å². The van der Waals surface area contributed by atoms with E-state index in [2.05, 4.69) is 40.4 Å². The molecule has 0 bridgehead atoms. The van der Waals surface area contributed by atoms with Crippen LogP contribution in [0.4, 0.5) is 4.79 Å². The summed E-state index contributed by atoms with van der Waals surface area (Å²) >= 11 is 0. The minimum Gasteiger partial charge on any atom is -0.477 e. The molecule has 1 aliphatic carbocycles. The third-order valence-electron chi connectivity index (χ3n) is 8.07. The Bertz CT molecular complexity index is 875. The first kappa shape index (κ1) is 26.5. The maximum Gasteiger partial charge on any atom is 0.508 e. The maximum atomic E-state index is 13.1. The van der Waals surface area contributed by atoms with Crippen molar-refractivity contribution >= 4 is 26.3 Å². The van der Waals surface area contributed by atoms with Gasteiger partial charge in [0.2, 0.25) is 5.91 Å². The molecule has 3 aliphatic rings. The van der Waals surface area contributed by atoms with Crippen LogP contribution in [0.2, 0.25) is 18.1 Å². The van der Waals surface area contributed by atoms with Crippen LogP contribution in [0.25, 0.3) is 0 Å². The predicted octanol–water partition coefficient (Wildman–Crippen LogP) is 4.72. The van der Waals surface area contributed by atoms with Gasteiger partial charge in [0.15, 0.2) is 8.32 Å². The maximum absolute atomic E-state index is 13.1. The molecule has 8 nitrogen and oxygen atoms in total. The Labute approximate surface area is 203 Å². The molecule has 1 amide bonds. The summed E-state index contributed by atoms with van der Waals surface area (Å²) < 4.78 is 16.6. The molecule has 0 aromatic carbocycles. The van der Waals surface area contributed by atoms with Crippen LogP contribution in [0.15, 0.2) is 23.9 Å². The smallest absolute Gasteiger partial charge is 0.477 e. The molecule has 1 unspecified atom stereocenters. The first-order valence-corrected chi connectivity index (χ1v) is 15.1. The van der Waals surface area contributed by atoms with Gasteiger partial charge in [0, 0.05) is 12.5 Å². The number of hydrogen-bond acceptors (Lipinski definition) is 6. The highest BCUT2D eigenvalue weighted by Crippen LogP contribution is 2.54. The number of fused-ring (bicyclic) bond motifs is 3. The number of aliphatic carboxylic acids is 1. The second-order valence-corrected chi connectivity index (χ2v) is 15.9. The van der Waals surface area contributed by atoms with Gasteiger partial charge >= 0.3 is 12.1 Å². The highest BCUT2D eigenvalue weighted by molar-refractivity contribution is 6.74. The molecule has 1 saturated carbocycles. The number of rotatable bonds is 9. The number of hydrogen-bond donors (Lipinski definition) is 1. The number of carboxylic acids is 1. The van der Waals surface area contributed by atoms with Crippen LogP contribution in [0.1, 0.15) is 53.4 Å². The number of β-lactam (4-membered cyclic amide) rings is 1. The van der Waals surface area contributed by atoms with Gasteiger partial charge in [-0.05, 0) is 55.8 Å². The van der Waals surface area contributed by atoms with E-state index in [0.717, 1.165) is 31.3 Å². The van der Waals surface area contributed by atoms with Crippen LogP contribution in [0.5, 0.6) is 0 Å². The Morgan fingerprint density at radius 3 is 2.56 bits per heavy atom. The SMILES string of the molecule is C=CCOC(=O)O[C@H](C)[C@H]1C(=O)N2C(C(=O)O)=C3C(CCO[Si](C)(C)C(C)(C)C)CCC[C@@H]3[C@H]12. The van der Waals surface area contributed by atoms with Crippen LogP contribution in [-0.4, -0.2) is 61.7 Å². The van der Waals surface area contributed by atoms with E-state index in [1.807, 2.05) is 0 Å². The average molecular weight is 494 g/mol. The topological polar surface area (TPSA) is 102 Å². The fourth-order valence-corrected chi connectivity index (χ4v) is 6.41. The van der Waals surface area contributed by atoms with Crippen molar-refractivity contribution in [2.24, 2.45) is 17.8 Å². The molecule has 0 spiro atoms. The van der Waals surface area contributed by atoms with Crippen molar-refractivity contribution in [1.29, 1.82) is 0 Å². The van der Waals surface area contributed by atoms with Gasteiger partial charge in [0.05, 0.1) is 12.0 Å². The van der Waals surface area contributed by atoms with Gasteiger partial charge in [-0.1, -0.05) is 39.8 Å². The molecule has 5 atom stereocenters. The Kier molecular flexibility index (Phi) is 7.67. The third kappa shape index (κ3) is 4.82. The van der Waals surface area contributed by atoms with Crippen molar-refractivity contribution in [3.63, 3.8) is 0 Å². The molecule has 1 saturated heterocycles. The summed E-state index contributed by atoms with van der Waals surface area (Å²) in [5, 5.41) is 10.2. The lowest BCUT2D eigenvalue weighted by molar-refractivity contribution is -0.164. The van der Waals surface area contributed by atoms with E-state index in [-0.39, 0.29) is 41.1 Å². The second-order valence-electron chi connectivity index (χ2n) is 11.1. The number of carboxylic acid groups (broad SMARTS) is 1. The van der Waals surface area contributed by atoms with Crippen LogP contribution >= 0.6 is 0 Å². The number of carbonyl (C=O) groups is 3. The van der Waals surface area contributed by atoms with Crippen LogP contribution < -0.4 is 0 Å². The minimum atomic E-state index is -1.90. The molecular formula is C25H39NO7Si. The molecule has 0 radical (unpaired) electrons. The summed E-state index contributed by atoms with van der Waals surface area (Å²) in [4.78, 5) is 38.7. The Morgan fingerprint density at radius 2 is 1.97 bits per heavy atom. The summed E-state index contributed by atoms with van der Waals surface area (Å²) in [6, 6.07) is -0.292. The third-order valence-corrected chi connectivity index (χ3v) is 12.6. The van der Waals surface area contributed by atoms with Gasteiger partial charge in [0.1, 0.15) is 18.4 Å². The highest BCUT2D eigenvalue weighted by atomic mass is 28.4. The lowest BCUT2D eigenvalue weighted by atomic mass is 9.69. The predicted molar refractivity (Wildman–Crippen MR) is 129 cm³/mol. The Balaban J connectivity index is 1.76. The van der Waals surface area contributed by atoms with Crippen LogP contribution in [0, 0.1) is 17.8 Å². The lowest BCUT2D eigenvalue weighted by Gasteiger charge is -2.48. The van der Waals surface area contributed by atoms with Crippen molar-refractivity contribution in [2.45, 2.75) is 83.7 Å². The van der Waals surface area contributed by atoms with Gasteiger partial charge in [-0.2, -0.15) is 0 Å². The van der Waals surface area contributed by atoms with Crippen LogP contribution in [-0.2, 0) is 23.5 Å². The first-order chi connectivity index (χ1) is 15.8. The molecule has 0 aromatic rings. The van der Waals surface area contributed by atoms with E-state index in [0.29, 0.717) is 6.61 Å². The lowest BCUT2D eigenvalue weighted by Crippen LogP contribution is -2.64. The molecule has 3 rings (SSSR count). The number of ether oxygens (including phenoxy) is 2. The first-order valence-electron chi connectivity index (χ1n) is 12.2. The molecule has 2 aliphatic heterocycles. The zero-order chi connectivity index (χ0) is 25.4. The van der Waals surface area contributed by atoms with Crippen molar-refractivity contribution in [1.82, 2.24) is 4.90 Å². The van der Waals surface area contributed by atoms with Gasteiger partial charge in [0.25, 0.3) is 0 Å². The van der Waals surface area contributed by atoms with E-state index >= 15 is 0 Å². The summed E-state index contributed by atoms with van der Waals surface area (Å²) in [6.07, 6.45) is 3.30. The average Bonchev–Trinajstić information content (AvgIpc) is 3.03. The number of carbonyl (C=O) groups excluding carboxylic acids is 2. The zero-order valence-corrected chi connectivity index (χ0v) is 22.3. The molecule has 1 N–H and O–H groups in total. The van der Waals surface area contributed by atoms with E-state index < -0.39 is 32.5 Å². The molecule has 34 heavy (non-hydrogen) atoms. The summed E-state index contributed by atoms with van der Waals surface area (Å²) in [7, 11) is -1.90. The zero-order valence-electron chi connectivity index (χ0n) is 21.3. The van der Waals surface area contributed by atoms with Crippen LogP contribution in [0.3, 0.4) is 0 Å². The monoisotopic (exact) mass is 493 g/mol. The van der Waals surface area contributed by atoms with Crippen molar-refractivity contribution < 1.29 is 33.4 Å². The van der Waals surface area contributed by atoms with E-state index in [4.69, 9.17) is 13.9 Å². The summed E-state index contributed by atoms with van der Waals surface area (Å²) in [5.74, 6) is -1.90. The second kappa shape index (κ2) is 9.85. The van der Waals surface area contributed by atoms with Crippen molar-refractivity contribution in [3.8, 4) is 0 Å². The van der Waals surface area contributed by atoms with E-state index in [1.54, 1.807) is 6.92 Å². The van der Waals surface area contributed by atoms with Crippen molar-refractivity contribution in [3.05, 3.63) is 23.9 Å². The van der Waals surface area contributed by atoms with Crippen molar-refractivity contribution in [2.75, 3.05) is 13.2 Å². The van der Waals surface area contributed by atoms with Gasteiger partial charge in [-0.3, -0.25) is 4.79 Å². The summed E-state index contributed by atoms with van der Waals surface area (Å²) in [5.41, 5.74) is 1.01. The quantitative estimate of drug-likeness (QED) is 0.214. The number of amides is 1. The molecule has 190 valence electrons. The molecule has 0 aromatic heterocycles. The fourth-order valence-electron chi connectivity index (χ4n) is 5.35. The minimum absolute atomic E-state index is 0.0236. The number of nitrogens with zero attached hydrogens (tertiary/aromatic N) is 1. The summed E-state index contributed by atoms with van der Waals surface area (Å²) in [6.45, 7) is 16.8. The standard InChI is InChI=1S/C25H39NO7Si/c1-8-13-31-24(30)33-15(2)18-20-17-11-9-10-16(12-14-32-34(6,7)25(3,4)5)19(17)21(23(28)29)26(20)22(18)27/h8,15-18,20H,1,9-14H2,2-7H3,(H,28,29)/t15-,16?,17+,18-,20-/m1/s1. The normalized spacial score (nSPS) is 27.5. The van der Waals surface area contributed by atoms with Gasteiger partial charge < -0.3 is 23.9 Å². The Hall–Kier alpha value is -2.13. The van der Waals surface area contributed by atoms with E-state index in [1.165, 1.54) is 11.0 Å². The fraction of sp³-hybridized carbons (Fsp3) is 0.720. The van der Waals surface area contributed by atoms with Gasteiger partial charge in [-0.25, -0.2) is 9.59 Å². The molecule has 2 fully saturated rings. The largest absolute Gasteiger partial charge is 0.508 e. The highest BCUT2D eigenvalue weighted by Gasteiger charge is 2.63. The molecule has 2 heterocycles.